The van der Waals surface area contributed by atoms with Gasteiger partial charge in [-0.2, -0.15) is 0 Å². The standard InChI is InChI=1S/C17H17NO3/c1-11-7-8-15(12(2)9-11)18(3)16(19)13-5-4-6-14(10-13)17(20)21/h4-10H,1-3H3,(H,20,21). The number of carbonyl (C=O) groups is 2. The molecule has 1 amide bonds. The van der Waals surface area contributed by atoms with Crippen LogP contribution in [0, 0.1) is 13.8 Å². The molecule has 21 heavy (non-hydrogen) atoms. The van der Waals surface area contributed by atoms with Gasteiger partial charge in [0.25, 0.3) is 5.91 Å². The number of rotatable bonds is 3. The molecule has 0 spiro atoms. The van der Waals surface area contributed by atoms with Crippen LogP contribution < -0.4 is 4.90 Å². The minimum absolute atomic E-state index is 0.106. The third kappa shape index (κ3) is 3.11. The van der Waals surface area contributed by atoms with E-state index in [0.717, 1.165) is 16.8 Å². The Kier molecular flexibility index (Phi) is 4.08. The summed E-state index contributed by atoms with van der Waals surface area (Å²) < 4.78 is 0. The molecule has 0 radical (unpaired) electrons. The van der Waals surface area contributed by atoms with E-state index in [4.69, 9.17) is 5.11 Å². The number of benzene rings is 2. The summed E-state index contributed by atoms with van der Waals surface area (Å²) in [5.41, 5.74) is 3.41. The maximum absolute atomic E-state index is 12.5. The Balaban J connectivity index is 2.35. The van der Waals surface area contributed by atoms with Crippen LogP contribution in [0.1, 0.15) is 31.8 Å². The second-order valence-corrected chi connectivity index (χ2v) is 5.04. The molecule has 0 bridgehead atoms. The van der Waals surface area contributed by atoms with Crippen LogP contribution in [0.2, 0.25) is 0 Å². The molecular formula is C17H17NO3. The quantitative estimate of drug-likeness (QED) is 0.940. The first-order valence-electron chi connectivity index (χ1n) is 6.59. The first kappa shape index (κ1) is 14.8. The van der Waals surface area contributed by atoms with Crippen molar-refractivity contribution < 1.29 is 14.7 Å². The van der Waals surface area contributed by atoms with Gasteiger partial charge < -0.3 is 10.0 Å². The molecule has 0 aliphatic rings. The van der Waals surface area contributed by atoms with Crippen molar-refractivity contribution in [3.8, 4) is 0 Å². The summed E-state index contributed by atoms with van der Waals surface area (Å²) in [4.78, 5) is 25.0. The number of carboxylic acid groups (broad SMARTS) is 1. The van der Waals surface area contributed by atoms with Crippen LogP contribution >= 0.6 is 0 Å². The van der Waals surface area contributed by atoms with Crippen molar-refractivity contribution in [2.45, 2.75) is 13.8 Å². The Morgan fingerprint density at radius 3 is 2.29 bits per heavy atom. The molecule has 0 aliphatic heterocycles. The third-order valence-electron chi connectivity index (χ3n) is 3.37. The maximum atomic E-state index is 12.5. The molecule has 0 unspecified atom stereocenters. The maximum Gasteiger partial charge on any atom is 0.335 e. The van der Waals surface area contributed by atoms with Gasteiger partial charge in [-0.05, 0) is 43.7 Å². The Labute approximate surface area is 123 Å². The minimum Gasteiger partial charge on any atom is -0.478 e. The molecule has 0 fully saturated rings. The second-order valence-electron chi connectivity index (χ2n) is 5.04. The number of amides is 1. The normalized spacial score (nSPS) is 10.2. The van der Waals surface area contributed by atoms with Gasteiger partial charge in [-0.15, -0.1) is 0 Å². The van der Waals surface area contributed by atoms with E-state index in [2.05, 4.69) is 0 Å². The van der Waals surface area contributed by atoms with Crippen LogP contribution in [-0.2, 0) is 0 Å². The lowest BCUT2D eigenvalue weighted by molar-refractivity contribution is 0.0697. The van der Waals surface area contributed by atoms with Crippen LogP contribution in [0.3, 0.4) is 0 Å². The monoisotopic (exact) mass is 283 g/mol. The lowest BCUT2D eigenvalue weighted by Gasteiger charge is -2.20. The summed E-state index contributed by atoms with van der Waals surface area (Å²) in [5.74, 6) is -1.27. The van der Waals surface area contributed by atoms with E-state index in [1.807, 2.05) is 32.0 Å². The molecule has 2 rings (SSSR count). The summed E-state index contributed by atoms with van der Waals surface area (Å²) in [6, 6.07) is 11.9. The van der Waals surface area contributed by atoms with Crippen LogP contribution in [0.5, 0.6) is 0 Å². The molecule has 0 heterocycles. The lowest BCUT2D eigenvalue weighted by Crippen LogP contribution is -2.27. The fraction of sp³-hybridized carbons (Fsp3) is 0.176. The first-order chi connectivity index (χ1) is 9.90. The van der Waals surface area contributed by atoms with Crippen LogP contribution in [-0.4, -0.2) is 24.0 Å². The highest BCUT2D eigenvalue weighted by Gasteiger charge is 2.16. The van der Waals surface area contributed by atoms with Gasteiger partial charge in [0.05, 0.1) is 5.56 Å². The summed E-state index contributed by atoms with van der Waals surface area (Å²) in [5, 5.41) is 9.00. The molecule has 0 saturated carbocycles. The predicted molar refractivity (Wildman–Crippen MR) is 82.1 cm³/mol. The molecule has 2 aromatic carbocycles. The average Bonchev–Trinajstić information content (AvgIpc) is 2.46. The van der Waals surface area contributed by atoms with Gasteiger partial charge in [-0.3, -0.25) is 4.79 Å². The highest BCUT2D eigenvalue weighted by atomic mass is 16.4. The Morgan fingerprint density at radius 1 is 1.00 bits per heavy atom. The van der Waals surface area contributed by atoms with Gasteiger partial charge in [0, 0.05) is 18.3 Å². The molecule has 0 atom stereocenters. The fourth-order valence-corrected chi connectivity index (χ4v) is 2.27. The van der Waals surface area contributed by atoms with Gasteiger partial charge in [-0.1, -0.05) is 23.8 Å². The number of nitrogens with zero attached hydrogens (tertiary/aromatic N) is 1. The number of carbonyl (C=O) groups excluding carboxylic acids is 1. The zero-order chi connectivity index (χ0) is 15.6. The number of aromatic carboxylic acids is 1. The Bertz CT molecular complexity index is 707. The fourth-order valence-electron chi connectivity index (χ4n) is 2.27. The van der Waals surface area contributed by atoms with Crippen molar-refractivity contribution in [2.24, 2.45) is 0 Å². The molecule has 108 valence electrons. The van der Waals surface area contributed by atoms with Crippen molar-refractivity contribution >= 4 is 17.6 Å². The molecule has 0 saturated heterocycles. The van der Waals surface area contributed by atoms with Crippen molar-refractivity contribution in [2.75, 3.05) is 11.9 Å². The van der Waals surface area contributed by atoms with Crippen molar-refractivity contribution in [1.82, 2.24) is 0 Å². The Morgan fingerprint density at radius 2 is 1.67 bits per heavy atom. The topological polar surface area (TPSA) is 57.6 Å². The third-order valence-corrected chi connectivity index (χ3v) is 3.37. The molecule has 2 aromatic rings. The van der Waals surface area contributed by atoms with E-state index in [1.165, 1.54) is 17.0 Å². The van der Waals surface area contributed by atoms with E-state index in [1.54, 1.807) is 19.2 Å². The van der Waals surface area contributed by atoms with E-state index >= 15 is 0 Å². The van der Waals surface area contributed by atoms with E-state index in [0.29, 0.717) is 5.56 Å². The highest BCUT2D eigenvalue weighted by molar-refractivity contribution is 6.07. The largest absolute Gasteiger partial charge is 0.478 e. The van der Waals surface area contributed by atoms with E-state index < -0.39 is 5.97 Å². The van der Waals surface area contributed by atoms with Crippen LogP contribution in [0.4, 0.5) is 5.69 Å². The first-order valence-corrected chi connectivity index (χ1v) is 6.59. The van der Waals surface area contributed by atoms with Crippen LogP contribution in [0.25, 0.3) is 0 Å². The van der Waals surface area contributed by atoms with E-state index in [9.17, 15) is 9.59 Å². The number of hydrogen-bond donors (Lipinski definition) is 1. The molecule has 0 aliphatic carbocycles. The zero-order valence-corrected chi connectivity index (χ0v) is 12.3. The lowest BCUT2D eigenvalue weighted by atomic mass is 10.1. The zero-order valence-electron chi connectivity index (χ0n) is 12.3. The van der Waals surface area contributed by atoms with Crippen molar-refractivity contribution in [3.63, 3.8) is 0 Å². The summed E-state index contributed by atoms with van der Waals surface area (Å²) in [7, 11) is 1.69. The summed E-state index contributed by atoms with van der Waals surface area (Å²) in [6.07, 6.45) is 0. The second kappa shape index (κ2) is 5.79. The predicted octanol–water partition coefficient (Wildman–Crippen LogP) is 3.28. The summed E-state index contributed by atoms with van der Waals surface area (Å²) in [6.45, 7) is 3.94. The van der Waals surface area contributed by atoms with Gasteiger partial charge in [0.15, 0.2) is 0 Å². The molecule has 4 heteroatoms. The van der Waals surface area contributed by atoms with Crippen molar-refractivity contribution in [1.29, 1.82) is 0 Å². The highest BCUT2D eigenvalue weighted by Crippen LogP contribution is 2.22. The van der Waals surface area contributed by atoms with Gasteiger partial charge in [0.1, 0.15) is 0 Å². The molecular weight excluding hydrogens is 266 g/mol. The van der Waals surface area contributed by atoms with Gasteiger partial charge in [-0.25, -0.2) is 4.79 Å². The van der Waals surface area contributed by atoms with E-state index in [-0.39, 0.29) is 11.5 Å². The number of carboxylic acids is 1. The van der Waals surface area contributed by atoms with Gasteiger partial charge in [0.2, 0.25) is 0 Å². The average molecular weight is 283 g/mol. The van der Waals surface area contributed by atoms with Crippen molar-refractivity contribution in [3.05, 3.63) is 64.7 Å². The minimum atomic E-state index is -1.04. The van der Waals surface area contributed by atoms with Crippen LogP contribution in [0.15, 0.2) is 42.5 Å². The van der Waals surface area contributed by atoms with Gasteiger partial charge >= 0.3 is 5.97 Å². The smallest absolute Gasteiger partial charge is 0.335 e. The number of hydrogen-bond acceptors (Lipinski definition) is 2. The Hall–Kier alpha value is -2.62. The number of anilines is 1. The molecule has 0 aromatic heterocycles. The summed E-state index contributed by atoms with van der Waals surface area (Å²) >= 11 is 0. The molecule has 1 N–H and O–H groups in total. The molecule has 4 nitrogen and oxygen atoms in total. The SMILES string of the molecule is Cc1ccc(N(C)C(=O)c2cccc(C(=O)O)c2)c(C)c1. The number of aryl methyl sites for hydroxylation is 2.